The van der Waals surface area contributed by atoms with Gasteiger partial charge in [0.05, 0.1) is 7.11 Å². The highest BCUT2D eigenvalue weighted by molar-refractivity contribution is 6.31. The molecule has 7 heteroatoms. The van der Waals surface area contributed by atoms with Crippen LogP contribution in [0.5, 0.6) is 17.2 Å². The van der Waals surface area contributed by atoms with E-state index in [2.05, 4.69) is 9.97 Å². The van der Waals surface area contributed by atoms with Crippen LogP contribution in [0.4, 0.5) is 5.82 Å². The van der Waals surface area contributed by atoms with Gasteiger partial charge in [0.15, 0.2) is 28.3 Å². The van der Waals surface area contributed by atoms with Gasteiger partial charge in [-0.05, 0) is 36.4 Å². The molecule has 1 heterocycles. The molecule has 0 saturated heterocycles. The quantitative estimate of drug-likeness (QED) is 0.673. The zero-order valence-electron chi connectivity index (χ0n) is 12.7. The third-order valence-corrected chi connectivity index (χ3v) is 3.74. The molecule has 0 aliphatic rings. The molecule has 24 heavy (non-hydrogen) atoms. The number of halogens is 2. The number of anilines is 1. The second-order valence-electron chi connectivity index (χ2n) is 4.81. The Hall–Kier alpha value is -2.50. The van der Waals surface area contributed by atoms with Gasteiger partial charge in [-0.1, -0.05) is 35.3 Å². The molecule has 122 valence electrons. The number of nitrogens with zero attached hydrogens (tertiary/aromatic N) is 2. The Kier molecular flexibility index (Phi) is 4.74. The smallest absolute Gasteiger partial charge is 0.206 e. The first-order chi connectivity index (χ1) is 11.6. The fraction of sp³-hybridized carbons (Fsp3) is 0.0588. The van der Waals surface area contributed by atoms with E-state index in [0.717, 1.165) is 5.56 Å². The van der Waals surface area contributed by atoms with Gasteiger partial charge in [0.25, 0.3) is 0 Å². The SMILES string of the molecule is COc1ccccc1Oc1c(N)nc(-c2ccc(Cl)cc2)nc1Cl. The number of nitrogens with two attached hydrogens (primary N) is 1. The minimum absolute atomic E-state index is 0.110. The highest BCUT2D eigenvalue weighted by Gasteiger charge is 2.16. The molecular formula is C17H13Cl2N3O2. The van der Waals surface area contributed by atoms with Crippen molar-refractivity contribution in [2.24, 2.45) is 0 Å². The van der Waals surface area contributed by atoms with Gasteiger partial charge >= 0.3 is 0 Å². The molecule has 0 spiro atoms. The Morgan fingerprint density at radius 1 is 0.917 bits per heavy atom. The Bertz CT molecular complexity index is 847. The van der Waals surface area contributed by atoms with Crippen molar-refractivity contribution in [3.63, 3.8) is 0 Å². The van der Waals surface area contributed by atoms with Crippen molar-refractivity contribution >= 4 is 29.0 Å². The number of benzene rings is 2. The van der Waals surface area contributed by atoms with E-state index in [4.69, 9.17) is 38.4 Å². The van der Waals surface area contributed by atoms with E-state index in [1.165, 1.54) is 0 Å². The predicted octanol–water partition coefficient (Wildman–Crippen LogP) is 4.83. The minimum atomic E-state index is 0.110. The maximum absolute atomic E-state index is 6.24. The number of nitrogen functional groups attached to an aromatic ring is 1. The maximum Gasteiger partial charge on any atom is 0.206 e. The zero-order valence-corrected chi connectivity index (χ0v) is 14.2. The van der Waals surface area contributed by atoms with Gasteiger partial charge in [-0.25, -0.2) is 9.97 Å². The van der Waals surface area contributed by atoms with Crippen molar-refractivity contribution in [2.75, 3.05) is 12.8 Å². The standard InChI is InChI=1S/C17H13Cl2N3O2/c1-23-12-4-2-3-5-13(12)24-14-15(19)21-17(22-16(14)20)10-6-8-11(18)9-7-10/h2-9H,1H3,(H2,20,21,22). The number of aromatic nitrogens is 2. The largest absolute Gasteiger partial charge is 0.493 e. The van der Waals surface area contributed by atoms with Crippen molar-refractivity contribution in [1.82, 2.24) is 9.97 Å². The average Bonchev–Trinajstić information content (AvgIpc) is 2.59. The van der Waals surface area contributed by atoms with Gasteiger partial charge in [-0.3, -0.25) is 0 Å². The minimum Gasteiger partial charge on any atom is -0.493 e. The van der Waals surface area contributed by atoms with Crippen LogP contribution in [0.25, 0.3) is 11.4 Å². The van der Waals surface area contributed by atoms with Gasteiger partial charge < -0.3 is 15.2 Å². The van der Waals surface area contributed by atoms with Crippen LogP contribution in [0.1, 0.15) is 0 Å². The average molecular weight is 362 g/mol. The topological polar surface area (TPSA) is 70.3 Å². The Balaban J connectivity index is 1.97. The van der Waals surface area contributed by atoms with E-state index in [1.54, 1.807) is 43.5 Å². The first-order valence-corrected chi connectivity index (χ1v) is 7.74. The first-order valence-electron chi connectivity index (χ1n) is 6.98. The highest BCUT2D eigenvalue weighted by atomic mass is 35.5. The lowest BCUT2D eigenvalue weighted by Crippen LogP contribution is -2.01. The predicted molar refractivity (Wildman–Crippen MR) is 95.0 cm³/mol. The van der Waals surface area contributed by atoms with Gasteiger partial charge in [-0.2, -0.15) is 0 Å². The van der Waals surface area contributed by atoms with Gasteiger partial charge in [0, 0.05) is 10.6 Å². The van der Waals surface area contributed by atoms with E-state index in [-0.39, 0.29) is 16.7 Å². The molecule has 0 unspecified atom stereocenters. The van der Waals surface area contributed by atoms with E-state index >= 15 is 0 Å². The number of ether oxygens (including phenoxy) is 2. The molecule has 2 aromatic carbocycles. The summed E-state index contributed by atoms with van der Waals surface area (Å²) in [5.41, 5.74) is 6.75. The molecule has 3 aromatic rings. The molecule has 0 saturated carbocycles. The van der Waals surface area contributed by atoms with Crippen LogP contribution in [-0.2, 0) is 0 Å². The normalized spacial score (nSPS) is 10.5. The Morgan fingerprint density at radius 3 is 2.21 bits per heavy atom. The Morgan fingerprint density at radius 2 is 1.58 bits per heavy atom. The molecule has 0 atom stereocenters. The van der Waals surface area contributed by atoms with Crippen LogP contribution in [0.3, 0.4) is 0 Å². The molecule has 0 radical (unpaired) electrons. The molecule has 0 aliphatic carbocycles. The van der Waals surface area contributed by atoms with Crippen molar-refractivity contribution in [2.45, 2.75) is 0 Å². The monoisotopic (exact) mass is 361 g/mol. The summed E-state index contributed by atoms with van der Waals surface area (Å²) in [6.07, 6.45) is 0. The van der Waals surface area contributed by atoms with E-state index < -0.39 is 0 Å². The lowest BCUT2D eigenvalue weighted by atomic mass is 10.2. The third-order valence-electron chi connectivity index (χ3n) is 3.23. The summed E-state index contributed by atoms with van der Waals surface area (Å²) in [5, 5.41) is 0.729. The molecular weight excluding hydrogens is 349 g/mol. The van der Waals surface area contributed by atoms with E-state index in [0.29, 0.717) is 22.3 Å². The number of methoxy groups -OCH3 is 1. The van der Waals surface area contributed by atoms with Crippen LogP contribution >= 0.6 is 23.2 Å². The van der Waals surface area contributed by atoms with Crippen molar-refractivity contribution in [3.8, 4) is 28.6 Å². The van der Waals surface area contributed by atoms with Crippen molar-refractivity contribution in [1.29, 1.82) is 0 Å². The summed E-state index contributed by atoms with van der Waals surface area (Å²) < 4.78 is 11.0. The van der Waals surface area contributed by atoms with Crippen LogP contribution < -0.4 is 15.2 Å². The Labute approximate surface area is 149 Å². The van der Waals surface area contributed by atoms with Crippen molar-refractivity contribution in [3.05, 3.63) is 58.7 Å². The summed E-state index contributed by atoms with van der Waals surface area (Å²) in [5.74, 6) is 1.72. The van der Waals surface area contributed by atoms with Crippen LogP contribution in [-0.4, -0.2) is 17.1 Å². The molecule has 0 amide bonds. The number of rotatable bonds is 4. The lowest BCUT2D eigenvalue weighted by molar-refractivity contribution is 0.378. The highest BCUT2D eigenvalue weighted by Crippen LogP contribution is 2.37. The first kappa shape index (κ1) is 16.4. The van der Waals surface area contributed by atoms with Crippen LogP contribution in [0.2, 0.25) is 10.2 Å². The molecule has 2 N–H and O–H groups in total. The zero-order chi connectivity index (χ0) is 17.1. The van der Waals surface area contributed by atoms with Gasteiger partial charge in [0.1, 0.15) is 0 Å². The third kappa shape index (κ3) is 3.37. The lowest BCUT2D eigenvalue weighted by Gasteiger charge is -2.13. The molecule has 3 rings (SSSR count). The summed E-state index contributed by atoms with van der Waals surface area (Å²) >= 11 is 12.1. The molecule has 0 aliphatic heterocycles. The molecule has 0 bridgehead atoms. The fourth-order valence-corrected chi connectivity index (χ4v) is 2.42. The fourth-order valence-electron chi connectivity index (χ4n) is 2.07. The summed E-state index contributed by atoms with van der Waals surface area (Å²) in [6.45, 7) is 0. The van der Waals surface area contributed by atoms with Gasteiger partial charge in [0.2, 0.25) is 5.75 Å². The van der Waals surface area contributed by atoms with Crippen LogP contribution in [0.15, 0.2) is 48.5 Å². The second-order valence-corrected chi connectivity index (χ2v) is 5.61. The molecule has 5 nitrogen and oxygen atoms in total. The summed E-state index contributed by atoms with van der Waals surface area (Å²) in [7, 11) is 1.55. The molecule has 0 fully saturated rings. The number of para-hydroxylation sites is 2. The molecule has 1 aromatic heterocycles. The summed E-state index contributed by atoms with van der Waals surface area (Å²) in [6, 6.07) is 14.2. The van der Waals surface area contributed by atoms with Crippen LogP contribution in [0, 0.1) is 0 Å². The second kappa shape index (κ2) is 6.95. The van der Waals surface area contributed by atoms with Gasteiger partial charge in [-0.15, -0.1) is 0 Å². The summed E-state index contributed by atoms with van der Waals surface area (Å²) in [4.78, 5) is 8.51. The van der Waals surface area contributed by atoms with Crippen molar-refractivity contribution < 1.29 is 9.47 Å². The van der Waals surface area contributed by atoms with E-state index in [9.17, 15) is 0 Å². The maximum atomic E-state index is 6.24. The number of hydrogen-bond acceptors (Lipinski definition) is 5. The van der Waals surface area contributed by atoms with E-state index in [1.807, 2.05) is 12.1 Å². The number of hydrogen-bond donors (Lipinski definition) is 1.